The monoisotopic (exact) mass is 275 g/mol. The maximum Gasteiger partial charge on any atom is 0.419 e. The average molecular weight is 275 g/mol. The van der Waals surface area contributed by atoms with Gasteiger partial charge in [-0.15, -0.1) is 0 Å². The average Bonchev–Trinajstić information content (AvgIpc) is 2.78. The minimum Gasteiger partial charge on any atom is -0.464 e. The van der Waals surface area contributed by atoms with Crippen LogP contribution in [0.3, 0.4) is 0 Å². The maximum atomic E-state index is 12.5. The molecule has 0 bridgehead atoms. The number of nitrogens with zero attached hydrogens (tertiary/aromatic N) is 3. The van der Waals surface area contributed by atoms with Crippen LogP contribution < -0.4 is 0 Å². The van der Waals surface area contributed by atoms with E-state index < -0.39 is 23.2 Å². The number of rotatable bonds is 4. The Labute approximate surface area is 107 Å². The fourth-order valence-electron chi connectivity index (χ4n) is 1.43. The molecule has 0 aliphatic carbocycles. The van der Waals surface area contributed by atoms with E-state index >= 15 is 0 Å². The van der Waals surface area contributed by atoms with Gasteiger partial charge in [-0.2, -0.15) is 23.5 Å². The Morgan fingerprint density at radius 2 is 2.21 bits per heavy atom. The zero-order chi connectivity index (χ0) is 14.7. The summed E-state index contributed by atoms with van der Waals surface area (Å²) in [5.74, 6) is -0.798. The first-order chi connectivity index (χ1) is 8.75. The Morgan fingerprint density at radius 3 is 2.63 bits per heavy atom. The molecule has 1 unspecified atom stereocenters. The third kappa shape index (κ3) is 3.05. The summed E-state index contributed by atoms with van der Waals surface area (Å²) in [7, 11) is 0. The summed E-state index contributed by atoms with van der Waals surface area (Å²) in [6.45, 7) is 2.93. The first-order valence-corrected chi connectivity index (χ1v) is 5.42. The lowest BCUT2D eigenvalue weighted by molar-refractivity contribution is -0.153. The first-order valence-electron chi connectivity index (χ1n) is 5.42. The van der Waals surface area contributed by atoms with Crippen LogP contribution in [0, 0.1) is 11.3 Å². The second-order valence-corrected chi connectivity index (χ2v) is 4.00. The van der Waals surface area contributed by atoms with Crippen molar-refractivity contribution in [3.8, 4) is 6.07 Å². The highest BCUT2D eigenvalue weighted by Gasteiger charge is 2.40. The molecule has 1 rings (SSSR count). The lowest BCUT2D eigenvalue weighted by Crippen LogP contribution is -2.40. The van der Waals surface area contributed by atoms with Crippen molar-refractivity contribution in [2.45, 2.75) is 32.0 Å². The molecule has 1 aromatic rings. The Balaban J connectivity index is 3.17. The second kappa shape index (κ2) is 5.30. The standard InChI is InChI=1S/C11H12F3N3O2/c1-3-19-9(18)10(2,4-5-15)17-7-8(6-16-17)11(12,13)14/h6-7H,3-4H2,1-2H3. The molecule has 8 heteroatoms. The minimum atomic E-state index is -4.56. The molecule has 0 aromatic carbocycles. The van der Waals surface area contributed by atoms with Crippen molar-refractivity contribution in [1.29, 1.82) is 5.26 Å². The van der Waals surface area contributed by atoms with Crippen LogP contribution in [0.1, 0.15) is 25.8 Å². The van der Waals surface area contributed by atoms with Crippen LogP contribution in [0.25, 0.3) is 0 Å². The van der Waals surface area contributed by atoms with E-state index in [1.54, 1.807) is 13.0 Å². The highest BCUT2D eigenvalue weighted by Crippen LogP contribution is 2.31. The summed E-state index contributed by atoms with van der Waals surface area (Å²) in [6.07, 6.45) is -3.60. The number of nitriles is 1. The van der Waals surface area contributed by atoms with E-state index in [1.165, 1.54) is 6.92 Å². The van der Waals surface area contributed by atoms with Gasteiger partial charge < -0.3 is 4.74 Å². The van der Waals surface area contributed by atoms with E-state index in [0.717, 1.165) is 4.68 Å². The summed E-state index contributed by atoms with van der Waals surface area (Å²) in [5, 5.41) is 12.2. The Morgan fingerprint density at radius 1 is 1.58 bits per heavy atom. The van der Waals surface area contributed by atoms with Gasteiger partial charge in [0.1, 0.15) is 0 Å². The number of hydrogen-bond acceptors (Lipinski definition) is 4. The van der Waals surface area contributed by atoms with Crippen molar-refractivity contribution in [2.24, 2.45) is 0 Å². The zero-order valence-electron chi connectivity index (χ0n) is 10.4. The van der Waals surface area contributed by atoms with Gasteiger partial charge in [0, 0.05) is 6.20 Å². The van der Waals surface area contributed by atoms with Gasteiger partial charge in [0.25, 0.3) is 0 Å². The van der Waals surface area contributed by atoms with Gasteiger partial charge in [0.05, 0.1) is 30.9 Å². The fraction of sp³-hybridized carbons (Fsp3) is 0.545. The summed E-state index contributed by atoms with van der Waals surface area (Å²) in [5.41, 5.74) is -2.56. The van der Waals surface area contributed by atoms with Crippen molar-refractivity contribution in [2.75, 3.05) is 6.61 Å². The summed E-state index contributed by atoms with van der Waals surface area (Å²) in [4.78, 5) is 11.8. The molecule has 0 spiro atoms. The molecule has 0 amide bonds. The van der Waals surface area contributed by atoms with E-state index in [-0.39, 0.29) is 13.0 Å². The second-order valence-electron chi connectivity index (χ2n) is 4.00. The van der Waals surface area contributed by atoms with Gasteiger partial charge in [-0.05, 0) is 13.8 Å². The van der Waals surface area contributed by atoms with Gasteiger partial charge >= 0.3 is 12.1 Å². The largest absolute Gasteiger partial charge is 0.464 e. The highest BCUT2D eigenvalue weighted by molar-refractivity contribution is 5.78. The molecule has 0 saturated heterocycles. The van der Waals surface area contributed by atoms with E-state index in [4.69, 9.17) is 10.00 Å². The normalized spacial score (nSPS) is 14.5. The van der Waals surface area contributed by atoms with Crippen molar-refractivity contribution in [1.82, 2.24) is 9.78 Å². The molecule has 0 aliphatic rings. The van der Waals surface area contributed by atoms with E-state index in [1.807, 2.05) is 0 Å². The fourth-order valence-corrected chi connectivity index (χ4v) is 1.43. The van der Waals surface area contributed by atoms with Crippen LogP contribution in [-0.4, -0.2) is 22.4 Å². The Bertz CT molecular complexity index is 504. The summed E-state index contributed by atoms with van der Waals surface area (Å²) < 4.78 is 43.1. The van der Waals surface area contributed by atoms with Crippen LogP contribution in [0.5, 0.6) is 0 Å². The Kier molecular flexibility index (Phi) is 4.19. The van der Waals surface area contributed by atoms with Crippen LogP contribution in [0.2, 0.25) is 0 Å². The molecule has 5 nitrogen and oxygen atoms in total. The van der Waals surface area contributed by atoms with Crippen molar-refractivity contribution >= 4 is 5.97 Å². The van der Waals surface area contributed by atoms with Gasteiger partial charge in [0.2, 0.25) is 0 Å². The molecule has 104 valence electrons. The number of esters is 1. The van der Waals surface area contributed by atoms with Crippen LogP contribution in [0.4, 0.5) is 13.2 Å². The van der Waals surface area contributed by atoms with Crippen molar-refractivity contribution < 1.29 is 22.7 Å². The molecular weight excluding hydrogens is 263 g/mol. The first kappa shape index (κ1) is 15.0. The lowest BCUT2D eigenvalue weighted by Gasteiger charge is -2.24. The molecule has 0 saturated carbocycles. The Hall–Kier alpha value is -2.04. The molecule has 1 heterocycles. The number of carbonyl (C=O) groups excluding carboxylic acids is 1. The number of aromatic nitrogens is 2. The van der Waals surface area contributed by atoms with Crippen LogP contribution >= 0.6 is 0 Å². The van der Waals surface area contributed by atoms with Crippen LogP contribution in [0.15, 0.2) is 12.4 Å². The number of hydrogen-bond donors (Lipinski definition) is 0. The minimum absolute atomic E-state index is 0.0627. The van der Waals surface area contributed by atoms with E-state index in [0.29, 0.717) is 12.4 Å². The third-order valence-corrected chi connectivity index (χ3v) is 2.55. The zero-order valence-corrected chi connectivity index (χ0v) is 10.4. The quantitative estimate of drug-likeness (QED) is 0.789. The van der Waals surface area contributed by atoms with Gasteiger partial charge in [0.15, 0.2) is 5.54 Å². The number of halogens is 3. The molecule has 19 heavy (non-hydrogen) atoms. The van der Waals surface area contributed by atoms with Crippen molar-refractivity contribution in [3.05, 3.63) is 18.0 Å². The summed E-state index contributed by atoms with van der Waals surface area (Å²) >= 11 is 0. The van der Waals surface area contributed by atoms with Gasteiger partial charge in [-0.25, -0.2) is 4.79 Å². The maximum absolute atomic E-state index is 12.5. The third-order valence-electron chi connectivity index (χ3n) is 2.55. The number of ether oxygens (including phenoxy) is 1. The molecular formula is C11H12F3N3O2. The highest BCUT2D eigenvalue weighted by atomic mass is 19.4. The topological polar surface area (TPSA) is 67.9 Å². The lowest BCUT2D eigenvalue weighted by atomic mass is 9.99. The summed E-state index contributed by atoms with van der Waals surface area (Å²) in [6, 6.07) is 1.75. The van der Waals surface area contributed by atoms with E-state index in [2.05, 4.69) is 5.10 Å². The number of alkyl halides is 3. The molecule has 0 aliphatic heterocycles. The smallest absolute Gasteiger partial charge is 0.419 e. The van der Waals surface area contributed by atoms with Crippen molar-refractivity contribution in [3.63, 3.8) is 0 Å². The molecule has 1 atom stereocenters. The molecule has 0 N–H and O–H groups in total. The predicted octanol–water partition coefficient (Wildman–Crippen LogP) is 2.09. The van der Waals surface area contributed by atoms with Crippen LogP contribution in [-0.2, 0) is 21.2 Å². The molecule has 1 aromatic heterocycles. The van der Waals surface area contributed by atoms with Gasteiger partial charge in [-0.3, -0.25) is 4.68 Å². The van der Waals surface area contributed by atoms with E-state index in [9.17, 15) is 18.0 Å². The predicted molar refractivity (Wildman–Crippen MR) is 57.7 cm³/mol. The molecule has 0 fully saturated rings. The molecule has 0 radical (unpaired) electrons. The van der Waals surface area contributed by atoms with Gasteiger partial charge in [-0.1, -0.05) is 0 Å². The SMILES string of the molecule is CCOC(=O)C(C)(CC#N)n1cc(C(F)(F)F)cn1. The number of carbonyl (C=O) groups is 1.